The smallest absolute Gasteiger partial charge is 0.236 e. The maximum absolute atomic E-state index is 12.7. The largest absolute Gasteiger partial charge is 0.285 e. The minimum Gasteiger partial charge on any atom is -0.236 e. The molecule has 31 heavy (non-hydrogen) atoms. The first kappa shape index (κ1) is 20.6. The van der Waals surface area contributed by atoms with Crippen molar-refractivity contribution in [1.29, 1.82) is 0 Å². The summed E-state index contributed by atoms with van der Waals surface area (Å²) in [5.41, 5.74) is 6.18. The van der Waals surface area contributed by atoms with Gasteiger partial charge in [0.2, 0.25) is 9.76 Å². The van der Waals surface area contributed by atoms with Crippen LogP contribution in [0.15, 0.2) is 51.8 Å². The van der Waals surface area contributed by atoms with Gasteiger partial charge < -0.3 is 0 Å². The molecule has 2 aromatic heterocycles. The molecule has 0 amide bonds. The van der Waals surface area contributed by atoms with Crippen molar-refractivity contribution < 1.29 is 8.42 Å². The number of thiazole rings is 1. The van der Waals surface area contributed by atoms with Gasteiger partial charge in [0.25, 0.3) is 10.0 Å². The van der Waals surface area contributed by atoms with Gasteiger partial charge in [0.1, 0.15) is 0 Å². The summed E-state index contributed by atoms with van der Waals surface area (Å²) in [6.45, 7) is 4.07. The number of hydrogen-bond donors (Lipinski definition) is 0. The van der Waals surface area contributed by atoms with Crippen LogP contribution < -0.4 is 4.80 Å². The topological polar surface area (TPSA) is 63.8 Å². The van der Waals surface area contributed by atoms with Crippen LogP contribution in [0.5, 0.6) is 0 Å². The van der Waals surface area contributed by atoms with E-state index in [4.69, 9.17) is 0 Å². The average molecular weight is 470 g/mol. The van der Waals surface area contributed by atoms with Crippen molar-refractivity contribution in [3.63, 3.8) is 0 Å². The fourth-order valence-electron chi connectivity index (χ4n) is 4.05. The van der Waals surface area contributed by atoms with E-state index in [1.165, 1.54) is 45.9 Å². The molecule has 8 heteroatoms. The highest BCUT2D eigenvalue weighted by molar-refractivity contribution is 7.90. The van der Waals surface area contributed by atoms with Crippen LogP contribution >= 0.6 is 22.9 Å². The Balaban J connectivity index is 1.62. The van der Waals surface area contributed by atoms with Crippen molar-refractivity contribution in [3.8, 4) is 11.3 Å². The molecule has 5 nitrogen and oxygen atoms in total. The van der Waals surface area contributed by atoms with Gasteiger partial charge in [0.05, 0.1) is 10.6 Å². The number of hydrogen-bond acceptors (Lipinski definition) is 5. The van der Waals surface area contributed by atoms with Crippen molar-refractivity contribution >= 4 is 37.9 Å². The van der Waals surface area contributed by atoms with Crippen molar-refractivity contribution in [2.75, 3.05) is 0 Å². The van der Waals surface area contributed by atoms with Crippen LogP contribution in [0, 0.1) is 6.92 Å². The van der Waals surface area contributed by atoms with Crippen LogP contribution in [-0.2, 0) is 29.3 Å². The Bertz CT molecular complexity index is 1440. The normalized spacial score (nSPS) is 14.8. The fourth-order valence-corrected chi connectivity index (χ4v) is 7.34. The molecular formula is C23H23N3O2S3. The predicted octanol–water partition coefficient (Wildman–Crippen LogP) is 5.16. The van der Waals surface area contributed by atoms with Gasteiger partial charge in [-0.25, -0.2) is 3.79 Å². The third-order valence-electron chi connectivity index (χ3n) is 5.68. The molecule has 2 aromatic carbocycles. The Hall–Kier alpha value is -2.29. The van der Waals surface area contributed by atoms with E-state index in [9.17, 15) is 8.42 Å². The third kappa shape index (κ3) is 3.88. The van der Waals surface area contributed by atoms with Crippen LogP contribution in [-0.4, -0.2) is 17.2 Å². The molecule has 160 valence electrons. The zero-order chi connectivity index (χ0) is 21.6. The summed E-state index contributed by atoms with van der Waals surface area (Å²) in [5.74, 6) is 0. The second kappa shape index (κ2) is 8.00. The molecule has 0 bridgehead atoms. The van der Waals surface area contributed by atoms with E-state index in [2.05, 4.69) is 34.5 Å². The first-order chi connectivity index (χ1) is 14.9. The molecule has 0 saturated carbocycles. The molecule has 5 rings (SSSR count). The fraction of sp³-hybridized carbons (Fsp3) is 0.304. The van der Waals surface area contributed by atoms with Gasteiger partial charge >= 0.3 is 0 Å². The highest BCUT2D eigenvalue weighted by Crippen LogP contribution is 2.34. The number of fused-ring (bicyclic) bond motifs is 2. The number of nitrogens with zero attached hydrogens (tertiary/aromatic N) is 3. The lowest BCUT2D eigenvalue weighted by molar-refractivity contribution is 0.596. The van der Waals surface area contributed by atoms with E-state index >= 15 is 0 Å². The van der Waals surface area contributed by atoms with E-state index in [1.807, 2.05) is 10.7 Å². The minimum absolute atomic E-state index is 0.186. The Morgan fingerprint density at radius 2 is 1.81 bits per heavy atom. The second-order valence-electron chi connectivity index (χ2n) is 7.86. The molecule has 4 aromatic rings. The third-order valence-corrected chi connectivity index (χ3v) is 9.26. The van der Waals surface area contributed by atoms with Gasteiger partial charge in [-0.1, -0.05) is 48.1 Å². The quantitative estimate of drug-likeness (QED) is 0.414. The van der Waals surface area contributed by atoms with Gasteiger partial charge in [-0.3, -0.25) is 0 Å². The summed E-state index contributed by atoms with van der Waals surface area (Å²) >= 11 is 2.90. The zero-order valence-corrected chi connectivity index (χ0v) is 19.9. The molecule has 1 aliphatic carbocycles. The summed E-state index contributed by atoms with van der Waals surface area (Å²) in [6.07, 6.45) is 5.69. The SMILES string of the molecule is CCc1sc2nc(=NS(=O)(=O)c3ccc(C)cc3)sn2c1-c1ccc2c(c1)CCCC2. The van der Waals surface area contributed by atoms with Crippen molar-refractivity contribution in [1.82, 2.24) is 8.77 Å². The van der Waals surface area contributed by atoms with Crippen LogP contribution in [0.25, 0.3) is 16.2 Å². The Morgan fingerprint density at radius 1 is 1.06 bits per heavy atom. The molecule has 0 spiro atoms. The first-order valence-electron chi connectivity index (χ1n) is 10.5. The Labute approximate surface area is 190 Å². The van der Waals surface area contributed by atoms with E-state index < -0.39 is 10.0 Å². The lowest BCUT2D eigenvalue weighted by Crippen LogP contribution is -2.06. The predicted molar refractivity (Wildman–Crippen MR) is 126 cm³/mol. The molecular weight excluding hydrogens is 446 g/mol. The second-order valence-corrected chi connectivity index (χ2v) is 11.4. The zero-order valence-electron chi connectivity index (χ0n) is 17.5. The number of aromatic nitrogens is 2. The molecule has 0 N–H and O–H groups in total. The van der Waals surface area contributed by atoms with E-state index in [-0.39, 0.29) is 9.70 Å². The molecule has 0 saturated heterocycles. The molecule has 0 atom stereocenters. The van der Waals surface area contributed by atoms with Crippen LogP contribution in [0.4, 0.5) is 0 Å². The molecule has 1 aliphatic rings. The summed E-state index contributed by atoms with van der Waals surface area (Å²) in [5, 5.41) is 0. The summed E-state index contributed by atoms with van der Waals surface area (Å²) < 4.78 is 31.6. The Kier molecular flexibility index (Phi) is 5.32. The number of sulfonamides is 1. The number of benzene rings is 2. The number of rotatable bonds is 4. The van der Waals surface area contributed by atoms with Crippen molar-refractivity contribution in [3.05, 3.63) is 68.8 Å². The van der Waals surface area contributed by atoms with Gasteiger partial charge in [0.15, 0.2) is 0 Å². The Morgan fingerprint density at radius 3 is 2.55 bits per heavy atom. The first-order valence-corrected chi connectivity index (χ1v) is 13.5. The maximum atomic E-state index is 12.7. The van der Waals surface area contributed by atoms with Gasteiger partial charge in [-0.2, -0.15) is 13.4 Å². The van der Waals surface area contributed by atoms with Gasteiger partial charge in [-0.05, 0) is 79.9 Å². The van der Waals surface area contributed by atoms with E-state index in [1.54, 1.807) is 35.6 Å². The van der Waals surface area contributed by atoms with Crippen LogP contribution in [0.3, 0.4) is 0 Å². The highest BCUT2D eigenvalue weighted by Gasteiger charge is 2.19. The number of aryl methyl sites for hydroxylation is 4. The molecule has 0 aliphatic heterocycles. The van der Waals surface area contributed by atoms with Crippen LogP contribution in [0.2, 0.25) is 0 Å². The van der Waals surface area contributed by atoms with Gasteiger partial charge in [0, 0.05) is 10.4 Å². The van der Waals surface area contributed by atoms with E-state index in [0.717, 1.165) is 35.5 Å². The van der Waals surface area contributed by atoms with E-state index in [0.29, 0.717) is 0 Å². The lowest BCUT2D eigenvalue weighted by atomic mass is 9.90. The van der Waals surface area contributed by atoms with Gasteiger partial charge in [-0.15, -0.1) is 4.40 Å². The van der Waals surface area contributed by atoms with Crippen molar-refractivity contribution in [2.45, 2.75) is 50.8 Å². The molecule has 0 unspecified atom stereocenters. The highest BCUT2D eigenvalue weighted by atomic mass is 32.2. The maximum Gasteiger partial charge on any atom is 0.285 e. The average Bonchev–Trinajstić information content (AvgIpc) is 3.29. The standard InChI is InChI=1S/C23H23N3O2S3/c1-3-20-21(18-11-10-16-6-4-5-7-17(16)14-18)26-23(29-20)24-22(30-26)25-31(27,28)19-12-8-15(2)9-13-19/h8-14H,3-7H2,1-2H3. The summed E-state index contributed by atoms with van der Waals surface area (Å²) in [4.78, 5) is 7.02. The van der Waals surface area contributed by atoms with Crippen molar-refractivity contribution in [2.24, 2.45) is 4.40 Å². The minimum atomic E-state index is -3.80. The monoisotopic (exact) mass is 469 g/mol. The molecule has 2 heterocycles. The van der Waals surface area contributed by atoms with Crippen LogP contribution in [0.1, 0.15) is 41.3 Å². The summed E-state index contributed by atoms with van der Waals surface area (Å²) in [6, 6.07) is 13.5. The molecule has 0 fully saturated rings. The molecule has 0 radical (unpaired) electrons. The summed E-state index contributed by atoms with van der Waals surface area (Å²) in [7, 11) is -3.80. The lowest BCUT2D eigenvalue weighted by Gasteiger charge is -2.16.